The highest BCUT2D eigenvalue weighted by Crippen LogP contribution is 2.23. The second kappa shape index (κ2) is 14.4. The third-order valence-corrected chi connectivity index (χ3v) is 5.25. The van der Waals surface area contributed by atoms with E-state index in [1.54, 1.807) is 6.92 Å². The molecule has 0 spiro atoms. The minimum Gasteiger partial charge on any atom is -0.593 e. The van der Waals surface area contributed by atoms with Crippen molar-refractivity contribution in [1.29, 1.82) is 0 Å². The number of nitro groups is 1. The SMILES string of the molecule is CCC(C)C(N[S+]([O-])c1ccccc1[N+](=O)[O-])C(=O)O.CCCCCCN. The van der Waals surface area contributed by atoms with Gasteiger partial charge in [0.25, 0.3) is 4.90 Å². The highest BCUT2D eigenvalue weighted by molar-refractivity contribution is 7.89. The van der Waals surface area contributed by atoms with E-state index in [4.69, 9.17) is 10.8 Å². The number of hydrogen-bond donors (Lipinski definition) is 3. The van der Waals surface area contributed by atoms with Crippen molar-refractivity contribution < 1.29 is 19.4 Å². The number of nitrogens with zero attached hydrogens (tertiary/aromatic N) is 1. The van der Waals surface area contributed by atoms with Crippen LogP contribution in [0.15, 0.2) is 29.2 Å². The van der Waals surface area contributed by atoms with Crippen LogP contribution < -0.4 is 10.5 Å². The Kier molecular flexibility index (Phi) is 13.5. The van der Waals surface area contributed by atoms with Crippen molar-refractivity contribution in [3.05, 3.63) is 34.4 Å². The Morgan fingerprint density at radius 3 is 2.41 bits per heavy atom. The number of rotatable bonds is 11. The van der Waals surface area contributed by atoms with E-state index in [0.29, 0.717) is 6.42 Å². The van der Waals surface area contributed by atoms with E-state index in [0.717, 1.165) is 6.54 Å². The van der Waals surface area contributed by atoms with Gasteiger partial charge in [0.15, 0.2) is 6.04 Å². The molecule has 0 saturated heterocycles. The Hall–Kier alpha value is -1.68. The fourth-order valence-electron chi connectivity index (χ4n) is 2.16. The molecular formula is C18H31N3O5S. The Morgan fingerprint density at radius 2 is 1.93 bits per heavy atom. The zero-order valence-electron chi connectivity index (χ0n) is 16.2. The molecule has 3 unspecified atom stereocenters. The minimum absolute atomic E-state index is 0.0351. The second-order valence-corrected chi connectivity index (χ2v) is 7.38. The van der Waals surface area contributed by atoms with E-state index in [2.05, 4.69) is 11.6 Å². The zero-order valence-corrected chi connectivity index (χ0v) is 17.0. The summed E-state index contributed by atoms with van der Waals surface area (Å²) in [7, 11) is 0. The van der Waals surface area contributed by atoms with Crippen LogP contribution in [-0.2, 0) is 16.2 Å². The van der Waals surface area contributed by atoms with E-state index in [-0.39, 0.29) is 16.5 Å². The van der Waals surface area contributed by atoms with Gasteiger partial charge in [-0.1, -0.05) is 58.6 Å². The number of nitrogens with one attached hydrogen (secondary N) is 1. The monoisotopic (exact) mass is 401 g/mol. The van der Waals surface area contributed by atoms with E-state index in [1.807, 2.05) is 6.92 Å². The molecule has 0 aromatic heterocycles. The van der Waals surface area contributed by atoms with Gasteiger partial charge in [-0.15, -0.1) is 4.72 Å². The molecule has 1 rings (SSSR count). The molecule has 3 atom stereocenters. The summed E-state index contributed by atoms with van der Waals surface area (Å²) in [4.78, 5) is 21.3. The van der Waals surface area contributed by atoms with Gasteiger partial charge >= 0.3 is 11.7 Å². The number of aliphatic carboxylic acids is 1. The van der Waals surface area contributed by atoms with Crippen molar-refractivity contribution in [2.24, 2.45) is 11.7 Å². The van der Waals surface area contributed by atoms with Crippen LogP contribution in [0.1, 0.15) is 52.9 Å². The maximum atomic E-state index is 12.1. The smallest absolute Gasteiger partial charge is 0.325 e. The first-order valence-electron chi connectivity index (χ1n) is 9.14. The number of hydrogen-bond acceptors (Lipinski definition) is 6. The van der Waals surface area contributed by atoms with Crippen molar-refractivity contribution in [3.63, 3.8) is 0 Å². The molecule has 1 aromatic carbocycles. The third-order valence-electron chi connectivity index (χ3n) is 4.03. The van der Waals surface area contributed by atoms with Crippen LogP contribution in [-0.4, -0.2) is 33.1 Å². The van der Waals surface area contributed by atoms with Crippen LogP contribution in [0.2, 0.25) is 0 Å². The summed E-state index contributed by atoms with van der Waals surface area (Å²) in [5.74, 6) is -1.38. The first kappa shape index (κ1) is 25.3. The lowest BCUT2D eigenvalue weighted by Gasteiger charge is -2.20. The van der Waals surface area contributed by atoms with E-state index < -0.39 is 28.3 Å². The molecular weight excluding hydrogens is 370 g/mol. The summed E-state index contributed by atoms with van der Waals surface area (Å²) >= 11 is -1.96. The second-order valence-electron chi connectivity index (χ2n) is 6.16. The molecule has 4 N–H and O–H groups in total. The Morgan fingerprint density at radius 1 is 1.30 bits per heavy atom. The molecule has 0 aliphatic carbocycles. The topological polar surface area (TPSA) is 142 Å². The molecule has 0 heterocycles. The lowest BCUT2D eigenvalue weighted by Crippen LogP contribution is -2.45. The number of unbranched alkanes of at least 4 members (excludes halogenated alkanes) is 3. The molecule has 0 aliphatic heterocycles. The minimum atomic E-state index is -1.96. The van der Waals surface area contributed by atoms with Crippen LogP contribution in [0.3, 0.4) is 0 Å². The summed E-state index contributed by atoms with van der Waals surface area (Å²) in [6, 6.07) is 4.52. The van der Waals surface area contributed by atoms with Crippen LogP contribution in [0, 0.1) is 16.0 Å². The quantitative estimate of drug-likeness (QED) is 0.224. The lowest BCUT2D eigenvalue weighted by molar-refractivity contribution is -0.387. The van der Waals surface area contributed by atoms with Gasteiger partial charge in [0.2, 0.25) is 0 Å². The third kappa shape index (κ3) is 9.71. The maximum absolute atomic E-state index is 12.1. The predicted octanol–water partition coefficient (Wildman–Crippen LogP) is 3.23. The average molecular weight is 402 g/mol. The van der Waals surface area contributed by atoms with Crippen LogP contribution >= 0.6 is 0 Å². The van der Waals surface area contributed by atoms with Gasteiger partial charge in [-0.05, 0) is 18.9 Å². The van der Waals surface area contributed by atoms with Crippen molar-refractivity contribution >= 4 is 23.0 Å². The highest BCUT2D eigenvalue weighted by Gasteiger charge is 2.32. The highest BCUT2D eigenvalue weighted by atomic mass is 32.2. The average Bonchev–Trinajstić information content (AvgIpc) is 2.66. The number of carboxylic acids is 1. The van der Waals surface area contributed by atoms with E-state index >= 15 is 0 Å². The van der Waals surface area contributed by atoms with Gasteiger partial charge in [0, 0.05) is 12.1 Å². The molecule has 27 heavy (non-hydrogen) atoms. The molecule has 0 radical (unpaired) electrons. The van der Waals surface area contributed by atoms with Gasteiger partial charge in [-0.25, -0.2) is 0 Å². The molecule has 8 nitrogen and oxygen atoms in total. The van der Waals surface area contributed by atoms with Gasteiger partial charge in [0.05, 0.1) is 16.3 Å². The van der Waals surface area contributed by atoms with E-state index in [9.17, 15) is 19.5 Å². The number of carboxylic acid groups (broad SMARTS) is 1. The first-order valence-corrected chi connectivity index (χ1v) is 10.3. The summed E-state index contributed by atoms with van der Waals surface area (Å²) in [6.07, 6.45) is 5.75. The molecule has 0 saturated carbocycles. The standard InChI is InChI=1S/C12H16N2O5S.C6H15N/c1-3-8(2)11(12(15)16)13-20(19)10-7-5-4-6-9(10)14(17)18;1-2-3-4-5-6-7/h4-8,11,13H,3H2,1-2H3,(H,15,16);2-7H2,1H3. The van der Waals surface area contributed by atoms with Crippen LogP contribution in [0.4, 0.5) is 5.69 Å². The normalized spacial score (nSPS) is 13.8. The molecule has 0 amide bonds. The Labute approximate surface area is 164 Å². The number of carbonyl (C=O) groups is 1. The summed E-state index contributed by atoms with van der Waals surface area (Å²) in [5, 5.41) is 20.0. The van der Waals surface area contributed by atoms with Crippen molar-refractivity contribution in [1.82, 2.24) is 4.72 Å². The van der Waals surface area contributed by atoms with E-state index in [1.165, 1.54) is 49.9 Å². The molecule has 0 fully saturated rings. The fourth-order valence-corrected chi connectivity index (χ4v) is 3.39. The van der Waals surface area contributed by atoms with Gasteiger partial charge in [0.1, 0.15) is 0 Å². The molecule has 0 bridgehead atoms. The van der Waals surface area contributed by atoms with Gasteiger partial charge in [-0.2, -0.15) is 0 Å². The Balaban J connectivity index is 0.000000821. The maximum Gasteiger partial charge on any atom is 0.325 e. The summed E-state index contributed by atoms with van der Waals surface area (Å²) < 4.78 is 14.6. The number of nitrogens with two attached hydrogens (primary N) is 1. The molecule has 9 heteroatoms. The Bertz CT molecular complexity index is 570. The fraction of sp³-hybridized carbons (Fsp3) is 0.611. The lowest BCUT2D eigenvalue weighted by atomic mass is 10.0. The first-order chi connectivity index (χ1) is 12.8. The molecule has 154 valence electrons. The van der Waals surface area contributed by atoms with Crippen LogP contribution in [0.5, 0.6) is 0 Å². The van der Waals surface area contributed by atoms with Crippen molar-refractivity contribution in [3.8, 4) is 0 Å². The number of benzene rings is 1. The largest absolute Gasteiger partial charge is 0.593 e. The molecule has 0 aliphatic rings. The van der Waals surface area contributed by atoms with Gasteiger partial charge < -0.3 is 15.4 Å². The molecule has 1 aromatic rings. The summed E-state index contributed by atoms with van der Waals surface area (Å²) in [5.41, 5.74) is 4.97. The summed E-state index contributed by atoms with van der Waals surface area (Å²) in [6.45, 7) is 6.59. The van der Waals surface area contributed by atoms with Crippen molar-refractivity contribution in [2.45, 2.75) is 63.8 Å². The predicted molar refractivity (Wildman–Crippen MR) is 107 cm³/mol. The zero-order chi connectivity index (χ0) is 20.8. The van der Waals surface area contributed by atoms with Gasteiger partial charge in [-0.3, -0.25) is 14.9 Å². The number of nitro benzene ring substituents is 1. The number of para-hydroxylation sites is 1. The van der Waals surface area contributed by atoms with Crippen molar-refractivity contribution in [2.75, 3.05) is 6.54 Å². The van der Waals surface area contributed by atoms with Crippen LogP contribution in [0.25, 0.3) is 0 Å².